The number of hydrogen-bond acceptors (Lipinski definition) is 6. The summed E-state index contributed by atoms with van der Waals surface area (Å²) >= 11 is 0. The van der Waals surface area contributed by atoms with Crippen molar-refractivity contribution in [2.45, 2.75) is 39.5 Å². The van der Waals surface area contributed by atoms with Crippen molar-refractivity contribution in [3.8, 4) is 11.5 Å². The van der Waals surface area contributed by atoms with Crippen molar-refractivity contribution in [1.82, 2.24) is 10.3 Å². The second-order valence-corrected chi connectivity index (χ2v) is 8.68. The highest BCUT2D eigenvalue weighted by atomic mass is 16.5. The molecule has 2 aromatic rings. The third-order valence-electron chi connectivity index (χ3n) is 6.17. The molecule has 2 aliphatic rings. The number of dihydropyridines is 1. The van der Waals surface area contributed by atoms with E-state index in [4.69, 9.17) is 9.47 Å². The fourth-order valence-corrected chi connectivity index (χ4v) is 4.71. The molecule has 2 atom stereocenters. The molecular weight excluding hydrogens is 418 g/mol. The highest BCUT2D eigenvalue weighted by Crippen LogP contribution is 2.48. The van der Waals surface area contributed by atoms with Crippen LogP contribution in [0.15, 0.2) is 59.1 Å². The standard InChI is InChI=1S/C26H29N3O4/c1-14-9-10-21(27-13-14)29-26(31)22-16(3)28-18-11-15(2)12-19(30)24(18)23(22)17-7-6-8-20(32-4)25(17)33-5/h6-10,13,15,23,28H,11-12H2,1-5H3,(H,27,29,31). The highest BCUT2D eigenvalue weighted by molar-refractivity contribution is 6.09. The van der Waals surface area contributed by atoms with Crippen LogP contribution < -0.4 is 20.1 Å². The van der Waals surface area contributed by atoms with Gasteiger partial charge in [0.25, 0.3) is 5.91 Å². The van der Waals surface area contributed by atoms with E-state index < -0.39 is 5.92 Å². The van der Waals surface area contributed by atoms with Gasteiger partial charge in [-0.15, -0.1) is 0 Å². The average Bonchev–Trinajstić information content (AvgIpc) is 2.78. The van der Waals surface area contributed by atoms with E-state index >= 15 is 0 Å². The third-order valence-corrected chi connectivity index (χ3v) is 6.17. The monoisotopic (exact) mass is 447 g/mol. The first kappa shape index (κ1) is 22.6. The van der Waals surface area contributed by atoms with E-state index in [9.17, 15) is 9.59 Å². The van der Waals surface area contributed by atoms with Gasteiger partial charge in [0.05, 0.1) is 20.1 Å². The van der Waals surface area contributed by atoms with Crippen LogP contribution in [0, 0.1) is 12.8 Å². The van der Waals surface area contributed by atoms with E-state index in [-0.39, 0.29) is 17.6 Å². The number of benzene rings is 1. The van der Waals surface area contributed by atoms with Gasteiger partial charge in [-0.25, -0.2) is 4.98 Å². The fourth-order valence-electron chi connectivity index (χ4n) is 4.71. The van der Waals surface area contributed by atoms with Gasteiger partial charge >= 0.3 is 0 Å². The largest absolute Gasteiger partial charge is 0.493 e. The van der Waals surface area contributed by atoms with E-state index in [1.807, 2.05) is 32.0 Å². The smallest absolute Gasteiger partial charge is 0.255 e. The predicted octanol–water partition coefficient (Wildman–Crippen LogP) is 4.26. The number of aryl methyl sites for hydroxylation is 1. The minimum atomic E-state index is -0.586. The van der Waals surface area contributed by atoms with E-state index in [2.05, 4.69) is 22.5 Å². The summed E-state index contributed by atoms with van der Waals surface area (Å²) in [5.41, 5.74) is 4.37. The molecule has 0 radical (unpaired) electrons. The zero-order chi connectivity index (χ0) is 23.7. The lowest BCUT2D eigenvalue weighted by molar-refractivity contribution is -0.117. The topological polar surface area (TPSA) is 89.5 Å². The summed E-state index contributed by atoms with van der Waals surface area (Å²) in [6.45, 7) is 5.87. The van der Waals surface area contributed by atoms with Crippen LogP contribution in [0.5, 0.6) is 11.5 Å². The molecule has 4 rings (SSSR count). The Morgan fingerprint density at radius 2 is 1.91 bits per heavy atom. The van der Waals surface area contributed by atoms with Crippen molar-refractivity contribution in [3.05, 3.63) is 70.2 Å². The molecule has 2 heterocycles. The molecule has 172 valence electrons. The SMILES string of the molecule is COc1cccc(C2C(C(=O)Nc3ccc(C)cn3)=C(C)NC3=C2C(=O)CC(C)C3)c1OC. The second-order valence-electron chi connectivity index (χ2n) is 8.68. The Hall–Kier alpha value is -3.61. The lowest BCUT2D eigenvalue weighted by Crippen LogP contribution is -2.37. The number of Topliss-reactive ketones (excluding diaryl/α,β-unsaturated/α-hetero) is 1. The number of ether oxygens (including phenoxy) is 2. The van der Waals surface area contributed by atoms with Crippen LogP contribution >= 0.6 is 0 Å². The van der Waals surface area contributed by atoms with E-state index in [1.54, 1.807) is 32.5 Å². The molecule has 7 heteroatoms. The number of methoxy groups -OCH3 is 2. The number of nitrogens with zero attached hydrogens (tertiary/aromatic N) is 1. The van der Waals surface area contributed by atoms with Gasteiger partial charge in [-0.1, -0.05) is 25.1 Å². The van der Waals surface area contributed by atoms with Crippen LogP contribution in [0.25, 0.3) is 0 Å². The summed E-state index contributed by atoms with van der Waals surface area (Å²) in [5, 5.41) is 6.26. The van der Waals surface area contributed by atoms with Gasteiger partial charge in [0, 0.05) is 40.7 Å². The molecule has 2 N–H and O–H groups in total. The Kier molecular flexibility index (Phi) is 6.22. The number of carbonyl (C=O) groups excluding carboxylic acids is 2. The molecule has 1 aliphatic heterocycles. The molecule has 7 nitrogen and oxygen atoms in total. The molecule has 0 saturated carbocycles. The van der Waals surface area contributed by atoms with Gasteiger partial charge in [-0.2, -0.15) is 0 Å². The number of rotatable bonds is 5. The summed E-state index contributed by atoms with van der Waals surface area (Å²) in [6, 6.07) is 9.19. The number of allylic oxidation sites excluding steroid dienone is 3. The number of anilines is 1. The van der Waals surface area contributed by atoms with Gasteiger partial charge in [-0.05, 0) is 43.9 Å². The number of amides is 1. The van der Waals surface area contributed by atoms with Crippen molar-refractivity contribution in [1.29, 1.82) is 0 Å². The average molecular weight is 448 g/mol. The Morgan fingerprint density at radius 3 is 2.58 bits per heavy atom. The minimum absolute atomic E-state index is 0.0392. The Morgan fingerprint density at radius 1 is 1.12 bits per heavy atom. The number of hydrogen-bond donors (Lipinski definition) is 2. The minimum Gasteiger partial charge on any atom is -0.493 e. The molecule has 2 unspecified atom stereocenters. The lowest BCUT2D eigenvalue weighted by Gasteiger charge is -2.36. The van der Waals surface area contributed by atoms with Crippen LogP contribution in [-0.4, -0.2) is 30.9 Å². The first-order valence-electron chi connectivity index (χ1n) is 11.0. The summed E-state index contributed by atoms with van der Waals surface area (Å²) in [5.74, 6) is 0.877. The quantitative estimate of drug-likeness (QED) is 0.712. The number of pyridine rings is 1. The molecule has 33 heavy (non-hydrogen) atoms. The van der Waals surface area contributed by atoms with E-state index in [0.717, 1.165) is 23.2 Å². The summed E-state index contributed by atoms with van der Waals surface area (Å²) in [7, 11) is 3.13. The number of ketones is 1. The van der Waals surface area contributed by atoms with Gasteiger partial charge in [0.15, 0.2) is 17.3 Å². The summed E-state index contributed by atoms with van der Waals surface area (Å²) < 4.78 is 11.2. The first-order chi connectivity index (χ1) is 15.8. The molecule has 1 aromatic heterocycles. The zero-order valence-corrected chi connectivity index (χ0v) is 19.6. The van der Waals surface area contributed by atoms with Crippen molar-refractivity contribution in [2.24, 2.45) is 5.92 Å². The third kappa shape index (κ3) is 4.23. The molecular formula is C26H29N3O4. The summed E-state index contributed by atoms with van der Waals surface area (Å²) in [4.78, 5) is 31.2. The van der Waals surface area contributed by atoms with Gasteiger partial charge in [-0.3, -0.25) is 9.59 Å². The molecule has 1 amide bonds. The molecule has 0 bridgehead atoms. The molecule has 0 spiro atoms. The van der Waals surface area contributed by atoms with Crippen molar-refractivity contribution in [2.75, 3.05) is 19.5 Å². The van der Waals surface area contributed by atoms with Gasteiger partial charge < -0.3 is 20.1 Å². The number of aromatic nitrogens is 1. The molecule has 1 aromatic carbocycles. The predicted molar refractivity (Wildman–Crippen MR) is 126 cm³/mol. The normalized spacial score (nSPS) is 20.2. The van der Waals surface area contributed by atoms with Crippen molar-refractivity contribution < 1.29 is 19.1 Å². The molecule has 0 saturated heterocycles. The number of para-hydroxylation sites is 1. The Balaban J connectivity index is 1.86. The van der Waals surface area contributed by atoms with Crippen LogP contribution in [0.1, 0.15) is 43.7 Å². The van der Waals surface area contributed by atoms with Crippen LogP contribution in [0.3, 0.4) is 0 Å². The van der Waals surface area contributed by atoms with Crippen LogP contribution in [-0.2, 0) is 9.59 Å². The Bertz CT molecular complexity index is 1160. The van der Waals surface area contributed by atoms with Gasteiger partial charge in [0.2, 0.25) is 0 Å². The second kappa shape index (κ2) is 9.10. The maximum Gasteiger partial charge on any atom is 0.255 e. The maximum absolute atomic E-state index is 13.6. The van der Waals surface area contributed by atoms with Crippen molar-refractivity contribution >= 4 is 17.5 Å². The number of carbonyl (C=O) groups is 2. The first-order valence-corrected chi connectivity index (χ1v) is 11.0. The molecule has 0 fully saturated rings. The van der Waals surface area contributed by atoms with Gasteiger partial charge in [0.1, 0.15) is 5.82 Å². The maximum atomic E-state index is 13.6. The lowest BCUT2D eigenvalue weighted by atomic mass is 9.72. The molecule has 1 aliphatic carbocycles. The van der Waals surface area contributed by atoms with E-state index in [1.165, 1.54) is 0 Å². The van der Waals surface area contributed by atoms with Crippen LogP contribution in [0.4, 0.5) is 5.82 Å². The Labute approximate surface area is 193 Å². The number of nitrogens with one attached hydrogen (secondary N) is 2. The fraction of sp³-hybridized carbons (Fsp3) is 0.346. The van der Waals surface area contributed by atoms with Crippen LogP contribution in [0.2, 0.25) is 0 Å². The summed E-state index contributed by atoms with van der Waals surface area (Å²) in [6.07, 6.45) is 2.89. The zero-order valence-electron chi connectivity index (χ0n) is 19.6. The van der Waals surface area contributed by atoms with Crippen molar-refractivity contribution in [3.63, 3.8) is 0 Å². The van der Waals surface area contributed by atoms with E-state index in [0.29, 0.717) is 40.6 Å². The highest BCUT2D eigenvalue weighted by Gasteiger charge is 2.41.